The Morgan fingerprint density at radius 1 is 0.935 bits per heavy atom. The lowest BCUT2D eigenvalue weighted by molar-refractivity contribution is -0.140. The maximum Gasteiger partial charge on any atom is 0.341 e. The van der Waals surface area contributed by atoms with E-state index >= 15 is 0 Å². The number of carboxylic acid groups (broad SMARTS) is 2. The summed E-state index contributed by atoms with van der Waals surface area (Å²) in [6.45, 7) is 3.23. The topological polar surface area (TPSA) is 139 Å². The zero-order valence-corrected chi connectivity index (χ0v) is 16.7. The van der Waals surface area contributed by atoms with Crippen LogP contribution in [0.1, 0.15) is 27.0 Å². The molecular weight excluding hydrogens is 404 g/mol. The largest absolute Gasteiger partial charge is 0.479 e. The second-order valence-electron chi connectivity index (χ2n) is 7.01. The molecule has 2 aromatic rings. The molecule has 1 aliphatic rings. The van der Waals surface area contributed by atoms with E-state index < -0.39 is 25.2 Å². The number of carboxylic acids is 2. The van der Waals surface area contributed by atoms with E-state index in [2.05, 4.69) is 6.58 Å². The molecule has 0 atom stereocenters. The number of aliphatic carboxylic acids is 2. The highest BCUT2D eigenvalue weighted by Gasteiger charge is 2.24. The summed E-state index contributed by atoms with van der Waals surface area (Å²) in [6, 6.07) is 10.1. The Hall–Kier alpha value is -4.01. The van der Waals surface area contributed by atoms with Gasteiger partial charge < -0.3 is 30.3 Å². The molecule has 0 bridgehead atoms. The fraction of sp³-hybridized carbons (Fsp3) is 0.227. The van der Waals surface area contributed by atoms with Gasteiger partial charge in [0.2, 0.25) is 0 Å². The normalized spacial score (nSPS) is 12.6. The van der Waals surface area contributed by atoms with Gasteiger partial charge in [0.25, 0.3) is 5.91 Å². The number of fused-ring (bicyclic) bond motifs is 1. The molecule has 3 rings (SSSR count). The first-order valence-corrected chi connectivity index (χ1v) is 9.43. The van der Waals surface area contributed by atoms with Crippen molar-refractivity contribution < 1.29 is 34.1 Å². The quantitative estimate of drug-likeness (QED) is 0.580. The van der Waals surface area contributed by atoms with Gasteiger partial charge in [0.05, 0.1) is 0 Å². The van der Waals surface area contributed by atoms with Gasteiger partial charge in [0.1, 0.15) is 0 Å². The lowest BCUT2D eigenvalue weighted by Crippen LogP contribution is -2.36. The fourth-order valence-corrected chi connectivity index (χ4v) is 3.25. The van der Waals surface area contributed by atoms with Crippen LogP contribution in [0.2, 0.25) is 0 Å². The van der Waals surface area contributed by atoms with Crippen LogP contribution >= 0.6 is 0 Å². The monoisotopic (exact) mass is 426 g/mol. The summed E-state index contributed by atoms with van der Waals surface area (Å²) in [7, 11) is 0. The van der Waals surface area contributed by atoms with Crippen molar-refractivity contribution in [2.75, 3.05) is 19.8 Å². The van der Waals surface area contributed by atoms with Gasteiger partial charge in [-0.15, -0.1) is 0 Å². The summed E-state index contributed by atoms with van der Waals surface area (Å²) in [6.07, 6.45) is 0.529. The van der Waals surface area contributed by atoms with E-state index in [-0.39, 0.29) is 17.4 Å². The van der Waals surface area contributed by atoms with E-state index in [1.807, 2.05) is 0 Å². The smallest absolute Gasteiger partial charge is 0.341 e. The van der Waals surface area contributed by atoms with Crippen molar-refractivity contribution in [3.8, 4) is 11.5 Å². The van der Waals surface area contributed by atoms with Crippen molar-refractivity contribution in [3.05, 3.63) is 65.2 Å². The molecule has 1 heterocycles. The summed E-state index contributed by atoms with van der Waals surface area (Å²) in [4.78, 5) is 36.3. The van der Waals surface area contributed by atoms with Crippen LogP contribution in [0, 0.1) is 0 Å². The number of nitrogens with two attached hydrogens (primary N) is 1. The molecule has 0 saturated heterocycles. The van der Waals surface area contributed by atoms with Crippen molar-refractivity contribution in [3.63, 3.8) is 0 Å². The predicted molar refractivity (Wildman–Crippen MR) is 111 cm³/mol. The van der Waals surface area contributed by atoms with Gasteiger partial charge in [-0.25, -0.2) is 9.59 Å². The van der Waals surface area contributed by atoms with Crippen molar-refractivity contribution >= 4 is 23.5 Å². The molecule has 162 valence electrons. The third-order valence-corrected chi connectivity index (χ3v) is 4.77. The molecule has 0 aliphatic carbocycles. The molecule has 1 amide bonds. The number of benzene rings is 2. The third-order valence-electron chi connectivity index (χ3n) is 4.77. The second kappa shape index (κ2) is 9.21. The Balaban J connectivity index is 1.82. The standard InChI is InChI=1S/C22H22N2O7/c1-13(23)14-2-4-15(5-3-14)22(29)24-7-6-16-8-18(30-11-20(25)26)19(9-17(16)10-24)31-12-21(27)28/h2-5,8-9H,1,6-7,10-12,23H2,(H,25,26)(H,27,28). The Bertz CT molecular complexity index is 1030. The van der Waals surface area contributed by atoms with Gasteiger partial charge in [-0.1, -0.05) is 18.7 Å². The fourth-order valence-electron chi connectivity index (χ4n) is 3.25. The maximum atomic E-state index is 12.9. The van der Waals surface area contributed by atoms with Crippen molar-refractivity contribution in [1.82, 2.24) is 4.90 Å². The molecule has 9 nitrogen and oxygen atoms in total. The van der Waals surface area contributed by atoms with Crippen molar-refractivity contribution in [2.45, 2.75) is 13.0 Å². The molecular formula is C22H22N2O7. The minimum Gasteiger partial charge on any atom is -0.479 e. The number of carbonyl (C=O) groups is 3. The number of hydrogen-bond acceptors (Lipinski definition) is 6. The predicted octanol–water partition coefficient (Wildman–Crippen LogP) is 1.74. The summed E-state index contributed by atoms with van der Waals surface area (Å²) in [5.41, 5.74) is 8.99. The second-order valence-corrected chi connectivity index (χ2v) is 7.01. The van der Waals surface area contributed by atoms with Crippen molar-refractivity contribution in [2.24, 2.45) is 5.73 Å². The molecule has 0 radical (unpaired) electrons. The van der Waals surface area contributed by atoms with Crippen LogP contribution < -0.4 is 15.2 Å². The number of nitrogens with zero attached hydrogens (tertiary/aromatic N) is 1. The van der Waals surface area contributed by atoms with Crippen LogP contribution in [-0.2, 0) is 22.6 Å². The molecule has 0 fully saturated rings. The highest BCUT2D eigenvalue weighted by molar-refractivity contribution is 5.94. The zero-order chi connectivity index (χ0) is 22.5. The van der Waals surface area contributed by atoms with Gasteiger partial charge in [-0.05, 0) is 47.4 Å². The van der Waals surface area contributed by atoms with Crippen LogP contribution in [-0.4, -0.2) is 52.7 Å². The lowest BCUT2D eigenvalue weighted by atomic mass is 9.98. The summed E-state index contributed by atoms with van der Waals surface area (Å²) < 4.78 is 10.5. The van der Waals surface area contributed by atoms with Crippen molar-refractivity contribution in [1.29, 1.82) is 0 Å². The van der Waals surface area contributed by atoms with E-state index in [4.69, 9.17) is 25.4 Å². The molecule has 2 aromatic carbocycles. The summed E-state index contributed by atoms with van der Waals surface area (Å²) in [5.74, 6) is -2.23. The summed E-state index contributed by atoms with van der Waals surface area (Å²) in [5, 5.41) is 17.7. The van der Waals surface area contributed by atoms with E-state index in [0.717, 1.165) is 16.7 Å². The minimum absolute atomic E-state index is 0.113. The Labute approximate surface area is 178 Å². The first-order valence-electron chi connectivity index (χ1n) is 9.43. The maximum absolute atomic E-state index is 12.9. The molecule has 9 heteroatoms. The Morgan fingerprint density at radius 2 is 1.45 bits per heavy atom. The van der Waals surface area contributed by atoms with Gasteiger partial charge in [-0.3, -0.25) is 4.79 Å². The summed E-state index contributed by atoms with van der Waals surface area (Å²) >= 11 is 0. The minimum atomic E-state index is -1.18. The average molecular weight is 426 g/mol. The number of amides is 1. The molecule has 0 aromatic heterocycles. The number of hydrogen-bond donors (Lipinski definition) is 3. The number of carbonyl (C=O) groups excluding carboxylic acids is 1. The van der Waals surface area contributed by atoms with Crippen LogP contribution in [0.5, 0.6) is 11.5 Å². The Kier molecular flexibility index (Phi) is 6.44. The lowest BCUT2D eigenvalue weighted by Gasteiger charge is -2.30. The third kappa shape index (κ3) is 5.33. The van der Waals surface area contributed by atoms with Gasteiger partial charge in [0.15, 0.2) is 24.7 Å². The Morgan fingerprint density at radius 3 is 1.97 bits per heavy atom. The number of rotatable bonds is 8. The van der Waals surface area contributed by atoms with Crippen LogP contribution in [0.3, 0.4) is 0 Å². The molecule has 0 unspecified atom stereocenters. The van der Waals surface area contributed by atoms with Gasteiger partial charge in [0, 0.05) is 24.4 Å². The highest BCUT2D eigenvalue weighted by atomic mass is 16.5. The molecule has 1 aliphatic heterocycles. The molecule has 0 saturated carbocycles. The van der Waals surface area contributed by atoms with E-state index in [0.29, 0.717) is 30.8 Å². The van der Waals surface area contributed by atoms with E-state index in [1.165, 1.54) is 0 Å². The highest BCUT2D eigenvalue weighted by Crippen LogP contribution is 2.34. The van der Waals surface area contributed by atoms with E-state index in [1.54, 1.807) is 41.3 Å². The van der Waals surface area contributed by atoms with E-state index in [9.17, 15) is 14.4 Å². The van der Waals surface area contributed by atoms with Crippen LogP contribution in [0.15, 0.2) is 43.0 Å². The molecule has 0 spiro atoms. The van der Waals surface area contributed by atoms with Gasteiger partial charge >= 0.3 is 11.9 Å². The first kappa shape index (κ1) is 21.7. The van der Waals surface area contributed by atoms with Crippen LogP contribution in [0.25, 0.3) is 5.70 Å². The average Bonchev–Trinajstić information content (AvgIpc) is 2.75. The molecule has 4 N–H and O–H groups in total. The van der Waals surface area contributed by atoms with Crippen LogP contribution in [0.4, 0.5) is 0 Å². The number of ether oxygens (including phenoxy) is 2. The molecule has 31 heavy (non-hydrogen) atoms. The zero-order valence-electron chi connectivity index (χ0n) is 16.7. The van der Waals surface area contributed by atoms with Gasteiger partial charge in [-0.2, -0.15) is 0 Å². The SMILES string of the molecule is C=C(N)c1ccc(C(=O)N2CCc3cc(OCC(=O)O)c(OCC(=O)O)cc3C2)cc1. The first-order chi connectivity index (χ1) is 14.7.